The van der Waals surface area contributed by atoms with E-state index in [1.54, 1.807) is 6.92 Å². The van der Waals surface area contributed by atoms with E-state index >= 15 is 0 Å². The quantitative estimate of drug-likeness (QED) is 0.650. The van der Waals surface area contributed by atoms with Crippen LogP contribution in [0.1, 0.15) is 42.1 Å². The number of rotatable bonds is 5. The molecule has 30 heavy (non-hydrogen) atoms. The Morgan fingerprint density at radius 3 is 2.60 bits per heavy atom. The van der Waals surface area contributed by atoms with Crippen LogP contribution < -0.4 is 10.5 Å². The van der Waals surface area contributed by atoms with E-state index in [0.29, 0.717) is 30.0 Å². The largest absolute Gasteiger partial charge is 0.496 e. The Hall–Kier alpha value is -2.59. The molecule has 0 amide bonds. The van der Waals surface area contributed by atoms with Gasteiger partial charge in [-0.25, -0.2) is 27.8 Å². The molecule has 11 heteroatoms. The van der Waals surface area contributed by atoms with E-state index in [9.17, 15) is 13.2 Å². The number of alkyl halides is 2. The van der Waals surface area contributed by atoms with Gasteiger partial charge in [-0.15, -0.1) is 0 Å². The van der Waals surface area contributed by atoms with Crippen LogP contribution in [0, 0.1) is 5.82 Å². The zero-order valence-electron chi connectivity index (χ0n) is 16.5. The van der Waals surface area contributed by atoms with Gasteiger partial charge in [0, 0.05) is 30.1 Å². The van der Waals surface area contributed by atoms with Crippen LogP contribution in [0.15, 0.2) is 12.4 Å². The number of likely N-dealkylation sites (tertiary alicyclic amines) is 1. The highest BCUT2D eigenvalue weighted by molar-refractivity contribution is 6.31. The Morgan fingerprint density at radius 2 is 2.00 bits per heavy atom. The summed E-state index contributed by atoms with van der Waals surface area (Å²) in [5, 5.41) is 3.98. The molecule has 0 radical (unpaired) electrons. The minimum atomic E-state index is -2.87. The smallest absolute Gasteiger partial charge is 0.282 e. The van der Waals surface area contributed by atoms with Gasteiger partial charge in [-0.05, 0) is 20.0 Å². The first-order chi connectivity index (χ1) is 14.2. The van der Waals surface area contributed by atoms with Crippen molar-refractivity contribution in [2.24, 2.45) is 0 Å². The number of benzene rings is 1. The minimum Gasteiger partial charge on any atom is -0.496 e. The summed E-state index contributed by atoms with van der Waals surface area (Å²) in [6.45, 7) is 3.04. The van der Waals surface area contributed by atoms with Crippen molar-refractivity contribution in [2.45, 2.75) is 25.3 Å². The predicted molar refractivity (Wildman–Crippen MR) is 107 cm³/mol. The van der Waals surface area contributed by atoms with Crippen LogP contribution in [0.5, 0.6) is 5.75 Å². The number of hydrogen-bond donors (Lipinski definition) is 1. The Balaban J connectivity index is 1.91. The molecule has 0 aliphatic carbocycles. The fourth-order valence-corrected chi connectivity index (χ4v) is 4.23. The summed E-state index contributed by atoms with van der Waals surface area (Å²) in [5.41, 5.74) is 6.34. The number of aromatic nitrogens is 4. The average Bonchev–Trinajstić information content (AvgIpc) is 3.08. The van der Waals surface area contributed by atoms with Crippen LogP contribution in [0.25, 0.3) is 11.0 Å². The number of methoxy groups -OCH3 is 1. The first-order valence-electron chi connectivity index (χ1n) is 9.25. The monoisotopic (exact) mass is 440 g/mol. The molecule has 160 valence electrons. The topological polar surface area (TPSA) is 82.1 Å². The Kier molecular flexibility index (Phi) is 5.23. The third kappa shape index (κ3) is 3.14. The van der Waals surface area contributed by atoms with Crippen molar-refractivity contribution in [3.63, 3.8) is 0 Å². The fourth-order valence-electron chi connectivity index (χ4n) is 4.01. The molecule has 2 N–H and O–H groups in total. The van der Waals surface area contributed by atoms with E-state index in [-0.39, 0.29) is 27.8 Å². The minimum absolute atomic E-state index is 0.00707. The maximum Gasteiger partial charge on any atom is 0.282 e. The number of nitrogens with zero attached hydrogens (tertiary/aromatic N) is 5. The molecule has 1 unspecified atom stereocenters. The number of likely N-dealkylation sites (N-methyl/N-ethyl adjacent to an activating group) is 1. The van der Waals surface area contributed by atoms with Gasteiger partial charge in [0.25, 0.3) is 6.43 Å². The van der Waals surface area contributed by atoms with Crippen molar-refractivity contribution in [3.05, 3.63) is 40.1 Å². The van der Waals surface area contributed by atoms with E-state index in [1.165, 1.54) is 24.2 Å². The van der Waals surface area contributed by atoms with Gasteiger partial charge in [0.1, 0.15) is 29.4 Å². The molecule has 1 fully saturated rings. The zero-order valence-corrected chi connectivity index (χ0v) is 17.3. The summed E-state index contributed by atoms with van der Waals surface area (Å²) in [6.07, 6.45) is -1.68. The summed E-state index contributed by atoms with van der Waals surface area (Å²) in [6, 6.07) is 0.797. The van der Waals surface area contributed by atoms with Crippen LogP contribution in [0.4, 0.5) is 19.0 Å². The lowest BCUT2D eigenvalue weighted by atomic mass is 9.88. The second-order valence-corrected chi connectivity index (χ2v) is 7.80. The summed E-state index contributed by atoms with van der Waals surface area (Å²) in [7, 11) is 3.37. The molecule has 0 saturated carbocycles. The molecule has 2 aromatic heterocycles. The first-order valence-corrected chi connectivity index (χ1v) is 9.63. The highest BCUT2D eigenvalue weighted by Crippen LogP contribution is 2.43. The molecule has 1 aromatic carbocycles. The molecule has 7 nitrogen and oxygen atoms in total. The number of nitrogens with two attached hydrogens (primary N) is 1. The van der Waals surface area contributed by atoms with Crippen LogP contribution in [0.3, 0.4) is 0 Å². The van der Waals surface area contributed by atoms with Gasteiger partial charge in [-0.1, -0.05) is 11.6 Å². The third-order valence-corrected chi connectivity index (χ3v) is 5.76. The third-order valence-electron chi connectivity index (χ3n) is 5.48. The highest BCUT2D eigenvalue weighted by Gasteiger charge is 2.34. The van der Waals surface area contributed by atoms with Crippen molar-refractivity contribution in [3.8, 4) is 5.75 Å². The number of hydrogen-bond acceptors (Lipinski definition) is 6. The molecular weight excluding hydrogens is 421 g/mol. The van der Waals surface area contributed by atoms with Crippen molar-refractivity contribution in [2.75, 3.05) is 33.0 Å². The molecule has 4 rings (SSSR count). The van der Waals surface area contributed by atoms with E-state index in [4.69, 9.17) is 22.1 Å². The summed E-state index contributed by atoms with van der Waals surface area (Å²) < 4.78 is 49.0. The molecule has 1 saturated heterocycles. The Labute approximate surface area is 175 Å². The fraction of sp³-hybridized carbons (Fsp3) is 0.421. The van der Waals surface area contributed by atoms with Gasteiger partial charge in [0.2, 0.25) is 0 Å². The van der Waals surface area contributed by atoms with Gasteiger partial charge in [0.05, 0.1) is 23.6 Å². The molecule has 1 aliphatic heterocycles. The van der Waals surface area contributed by atoms with Gasteiger partial charge in [0.15, 0.2) is 5.65 Å². The molecule has 0 bridgehead atoms. The van der Waals surface area contributed by atoms with Crippen LogP contribution in [-0.2, 0) is 0 Å². The van der Waals surface area contributed by atoms with Crippen molar-refractivity contribution in [1.29, 1.82) is 0 Å². The summed E-state index contributed by atoms with van der Waals surface area (Å²) in [4.78, 5) is 9.95. The van der Waals surface area contributed by atoms with Crippen molar-refractivity contribution >= 4 is 28.5 Å². The number of halogens is 4. The van der Waals surface area contributed by atoms with E-state index in [2.05, 4.69) is 15.1 Å². The van der Waals surface area contributed by atoms with Gasteiger partial charge < -0.3 is 15.4 Å². The molecule has 0 spiro atoms. The number of nitrogen functional groups attached to an aromatic ring is 1. The predicted octanol–water partition coefficient (Wildman–Crippen LogP) is 3.79. The Morgan fingerprint density at radius 1 is 1.30 bits per heavy atom. The maximum atomic E-state index is 14.9. The molecular formula is C19H20ClF3N6O. The molecule has 1 aliphatic rings. The summed E-state index contributed by atoms with van der Waals surface area (Å²) >= 11 is 6.20. The van der Waals surface area contributed by atoms with Gasteiger partial charge >= 0.3 is 0 Å². The lowest BCUT2D eigenvalue weighted by molar-refractivity contribution is 0.146. The second-order valence-electron chi connectivity index (χ2n) is 7.39. The first kappa shape index (κ1) is 20.7. The highest BCUT2D eigenvalue weighted by atomic mass is 35.5. The van der Waals surface area contributed by atoms with E-state index in [1.807, 2.05) is 11.9 Å². The molecule has 1 atom stereocenters. The molecule has 3 aromatic rings. The number of fused-ring (bicyclic) bond motifs is 1. The van der Waals surface area contributed by atoms with Crippen LogP contribution >= 0.6 is 11.6 Å². The number of anilines is 1. The van der Waals surface area contributed by atoms with E-state index in [0.717, 1.165) is 0 Å². The SMILES string of the molecule is COc1c(C(C)n2nc(C(F)F)c3c(N)ncnc32)cc(Cl)c(F)c1C1CN(C)C1. The maximum absolute atomic E-state index is 14.9. The van der Waals surface area contributed by atoms with Crippen molar-refractivity contribution in [1.82, 2.24) is 24.6 Å². The van der Waals surface area contributed by atoms with Crippen LogP contribution in [0.2, 0.25) is 5.02 Å². The Bertz CT molecular complexity index is 1120. The van der Waals surface area contributed by atoms with Crippen LogP contribution in [-0.4, -0.2) is 51.9 Å². The van der Waals surface area contributed by atoms with E-state index < -0.39 is 24.0 Å². The van der Waals surface area contributed by atoms with Gasteiger partial charge in [-0.3, -0.25) is 0 Å². The van der Waals surface area contributed by atoms with Gasteiger partial charge in [-0.2, -0.15) is 5.10 Å². The second kappa shape index (κ2) is 7.59. The summed E-state index contributed by atoms with van der Waals surface area (Å²) in [5.74, 6) is -0.380. The van der Waals surface area contributed by atoms with Crippen molar-refractivity contribution < 1.29 is 17.9 Å². The number of ether oxygens (including phenoxy) is 1. The lowest BCUT2D eigenvalue weighted by Gasteiger charge is -2.38. The molecule has 3 heterocycles. The lowest BCUT2D eigenvalue weighted by Crippen LogP contribution is -2.42. The normalized spacial score (nSPS) is 16.3. The average molecular weight is 441 g/mol. The zero-order chi connectivity index (χ0) is 21.7. The standard InChI is InChI=1S/C19H20ClF3N6O/c1-8(29-19-13(15(27-29)17(22)23)18(24)25-7-26-19)10-4-11(20)14(21)12(16(10)30-3)9-5-28(2)6-9/h4,7-9,17H,5-6H2,1-3H3,(H2,24,25,26).